The SMILES string of the molecule is C=c1c(=C)c2c(C)c(-n3c(=C)c(=C)c4ccccc43)ccc2c2ccc(-c3cc(-c4ccccc4)nc(C)n3)cc12. The zero-order chi connectivity index (χ0) is 28.4. The van der Waals surface area contributed by atoms with Crippen LogP contribution in [0.5, 0.6) is 0 Å². The molecule has 0 unspecified atom stereocenters. The van der Waals surface area contributed by atoms with Crippen molar-refractivity contribution in [3.05, 3.63) is 123 Å². The van der Waals surface area contributed by atoms with E-state index in [1.807, 2.05) is 31.2 Å². The van der Waals surface area contributed by atoms with Gasteiger partial charge < -0.3 is 4.57 Å². The largest absolute Gasteiger partial charge is 0.310 e. The van der Waals surface area contributed by atoms with Crippen molar-refractivity contribution < 1.29 is 0 Å². The number of aryl methyl sites for hydroxylation is 2. The maximum atomic E-state index is 4.78. The molecular formula is C38H29N3. The molecule has 41 heavy (non-hydrogen) atoms. The van der Waals surface area contributed by atoms with E-state index in [2.05, 4.69) is 105 Å². The Morgan fingerprint density at radius 1 is 0.561 bits per heavy atom. The molecule has 2 heterocycles. The van der Waals surface area contributed by atoms with E-state index in [4.69, 9.17) is 9.97 Å². The first-order valence-electron chi connectivity index (χ1n) is 13.7. The summed E-state index contributed by atoms with van der Waals surface area (Å²) >= 11 is 0. The lowest BCUT2D eigenvalue weighted by Gasteiger charge is -2.16. The Kier molecular flexibility index (Phi) is 5.52. The molecule has 0 radical (unpaired) electrons. The Morgan fingerprint density at radius 2 is 1.24 bits per heavy atom. The van der Waals surface area contributed by atoms with Gasteiger partial charge in [-0.2, -0.15) is 0 Å². The van der Waals surface area contributed by atoms with Crippen LogP contribution in [0.1, 0.15) is 11.4 Å². The summed E-state index contributed by atoms with van der Waals surface area (Å²) in [5.41, 5.74) is 7.23. The van der Waals surface area contributed by atoms with Crippen molar-refractivity contribution in [3.8, 4) is 28.2 Å². The molecule has 7 aromatic rings. The Morgan fingerprint density at radius 3 is 2.02 bits per heavy atom. The third-order valence-electron chi connectivity index (χ3n) is 8.27. The molecular weight excluding hydrogens is 498 g/mol. The minimum absolute atomic E-state index is 0.739. The predicted molar refractivity (Wildman–Crippen MR) is 175 cm³/mol. The maximum Gasteiger partial charge on any atom is 0.126 e. The normalized spacial score (nSPS) is 11.6. The zero-order valence-corrected chi connectivity index (χ0v) is 23.3. The van der Waals surface area contributed by atoms with Gasteiger partial charge in [-0.05, 0) is 75.7 Å². The van der Waals surface area contributed by atoms with Gasteiger partial charge in [-0.15, -0.1) is 0 Å². The minimum atomic E-state index is 0.739. The Labute approximate surface area is 238 Å². The van der Waals surface area contributed by atoms with Gasteiger partial charge in [-0.1, -0.05) is 93.0 Å². The molecule has 0 aliphatic rings. The lowest BCUT2D eigenvalue weighted by molar-refractivity contribution is 1.06. The summed E-state index contributed by atoms with van der Waals surface area (Å²) in [6.45, 7) is 21.8. The highest BCUT2D eigenvalue weighted by molar-refractivity contribution is 6.10. The van der Waals surface area contributed by atoms with Crippen LogP contribution < -0.4 is 21.0 Å². The van der Waals surface area contributed by atoms with Gasteiger partial charge in [0, 0.05) is 32.8 Å². The average Bonchev–Trinajstić information content (AvgIpc) is 3.25. The number of rotatable bonds is 3. The molecule has 0 aliphatic heterocycles. The van der Waals surface area contributed by atoms with Crippen LogP contribution in [0.3, 0.4) is 0 Å². The van der Waals surface area contributed by atoms with E-state index in [1.54, 1.807) is 0 Å². The van der Waals surface area contributed by atoms with Crippen molar-refractivity contribution in [2.24, 2.45) is 0 Å². The molecule has 5 aromatic carbocycles. The van der Waals surface area contributed by atoms with Crippen molar-refractivity contribution >= 4 is 58.8 Å². The number of para-hydroxylation sites is 1. The first-order valence-corrected chi connectivity index (χ1v) is 13.7. The quantitative estimate of drug-likeness (QED) is 0.252. The smallest absolute Gasteiger partial charge is 0.126 e. The van der Waals surface area contributed by atoms with Crippen LogP contribution in [0.2, 0.25) is 0 Å². The third-order valence-corrected chi connectivity index (χ3v) is 8.27. The van der Waals surface area contributed by atoms with Crippen LogP contribution in [-0.2, 0) is 0 Å². The van der Waals surface area contributed by atoms with Gasteiger partial charge in [0.05, 0.1) is 16.9 Å². The summed E-state index contributed by atoms with van der Waals surface area (Å²) < 4.78 is 2.21. The monoisotopic (exact) mass is 527 g/mol. The van der Waals surface area contributed by atoms with E-state index in [0.29, 0.717) is 0 Å². The predicted octanol–water partition coefficient (Wildman–Crippen LogP) is 6.32. The van der Waals surface area contributed by atoms with E-state index in [9.17, 15) is 0 Å². The Balaban J connectivity index is 1.45. The van der Waals surface area contributed by atoms with Crippen molar-refractivity contribution in [2.75, 3.05) is 0 Å². The molecule has 7 rings (SSSR count). The fourth-order valence-corrected chi connectivity index (χ4v) is 6.16. The van der Waals surface area contributed by atoms with Gasteiger partial charge in [-0.25, -0.2) is 9.97 Å². The number of fused-ring (bicyclic) bond motifs is 4. The van der Waals surface area contributed by atoms with E-state index in [1.165, 1.54) is 0 Å². The molecule has 0 aliphatic carbocycles. The third kappa shape index (κ3) is 3.74. The molecule has 2 aromatic heterocycles. The lowest BCUT2D eigenvalue weighted by atomic mass is 9.93. The van der Waals surface area contributed by atoms with E-state index in [0.717, 1.165) is 93.0 Å². The number of benzene rings is 5. The molecule has 0 saturated carbocycles. The van der Waals surface area contributed by atoms with Gasteiger partial charge >= 0.3 is 0 Å². The van der Waals surface area contributed by atoms with Crippen molar-refractivity contribution in [3.63, 3.8) is 0 Å². The molecule has 0 N–H and O–H groups in total. The Bertz CT molecular complexity index is 2400. The summed E-state index contributed by atoms with van der Waals surface area (Å²) in [6.07, 6.45) is 0. The number of hydrogen-bond donors (Lipinski definition) is 0. The molecule has 0 bridgehead atoms. The maximum absolute atomic E-state index is 4.78. The molecule has 0 amide bonds. The second-order valence-corrected chi connectivity index (χ2v) is 10.7. The van der Waals surface area contributed by atoms with Gasteiger partial charge in [0.25, 0.3) is 0 Å². The van der Waals surface area contributed by atoms with Crippen LogP contribution >= 0.6 is 0 Å². The van der Waals surface area contributed by atoms with Crippen LogP contribution in [-0.4, -0.2) is 14.5 Å². The van der Waals surface area contributed by atoms with Crippen LogP contribution in [0.4, 0.5) is 0 Å². The molecule has 3 heteroatoms. The highest BCUT2D eigenvalue weighted by atomic mass is 15.0. The fraction of sp³-hybridized carbons (Fsp3) is 0.0526. The first-order chi connectivity index (χ1) is 19.8. The van der Waals surface area contributed by atoms with Crippen molar-refractivity contribution in [2.45, 2.75) is 13.8 Å². The number of nitrogens with zero attached hydrogens (tertiary/aromatic N) is 3. The highest BCUT2D eigenvalue weighted by Gasteiger charge is 2.15. The van der Waals surface area contributed by atoms with E-state index in [-0.39, 0.29) is 0 Å². The lowest BCUT2D eigenvalue weighted by Crippen LogP contribution is -2.27. The van der Waals surface area contributed by atoms with Crippen molar-refractivity contribution in [1.82, 2.24) is 14.5 Å². The molecule has 0 saturated heterocycles. The molecule has 196 valence electrons. The fourth-order valence-electron chi connectivity index (χ4n) is 6.16. The molecule has 3 nitrogen and oxygen atoms in total. The summed E-state index contributed by atoms with van der Waals surface area (Å²) in [6, 6.07) is 31.5. The molecule has 0 fully saturated rings. The second-order valence-electron chi connectivity index (χ2n) is 10.7. The van der Waals surface area contributed by atoms with Gasteiger partial charge in [0.15, 0.2) is 0 Å². The minimum Gasteiger partial charge on any atom is -0.310 e. The summed E-state index contributed by atoms with van der Waals surface area (Å²) in [5, 5.41) is 9.34. The number of aromatic nitrogens is 3. The second kappa shape index (κ2) is 9.14. The first kappa shape index (κ1) is 24.7. The summed E-state index contributed by atoms with van der Waals surface area (Å²) in [7, 11) is 0. The van der Waals surface area contributed by atoms with Crippen LogP contribution in [0.15, 0.2) is 91.0 Å². The summed E-state index contributed by atoms with van der Waals surface area (Å²) in [5.74, 6) is 0.739. The average molecular weight is 528 g/mol. The van der Waals surface area contributed by atoms with Crippen molar-refractivity contribution in [1.29, 1.82) is 0 Å². The van der Waals surface area contributed by atoms with Gasteiger partial charge in [0.1, 0.15) is 5.82 Å². The van der Waals surface area contributed by atoms with E-state index >= 15 is 0 Å². The van der Waals surface area contributed by atoms with Gasteiger partial charge in [-0.3, -0.25) is 0 Å². The van der Waals surface area contributed by atoms with Crippen LogP contribution in [0, 0.1) is 13.8 Å². The molecule has 0 atom stereocenters. The standard InChI is InChI=1S/C38H29N3/c1-22-23(2)38-25(4)36(41-26(5)24(3)30-14-10-11-15-37(30)41)19-18-32(38)31-17-16-29(20-33(22)31)35-21-34(39-27(6)40-35)28-12-8-7-9-13-28/h7-21H,1-3,5H2,4,6H3. The molecule has 0 spiro atoms. The number of hydrogen-bond acceptors (Lipinski definition) is 2. The topological polar surface area (TPSA) is 30.7 Å². The van der Waals surface area contributed by atoms with Crippen LogP contribution in [0.25, 0.3) is 87.0 Å². The summed E-state index contributed by atoms with van der Waals surface area (Å²) in [4.78, 5) is 9.47. The van der Waals surface area contributed by atoms with E-state index < -0.39 is 0 Å². The Hall–Kier alpha value is -5.28. The highest BCUT2D eigenvalue weighted by Crippen LogP contribution is 2.31. The zero-order valence-electron chi connectivity index (χ0n) is 23.3. The van der Waals surface area contributed by atoms with Gasteiger partial charge in [0.2, 0.25) is 0 Å².